The molecule has 1 amide bonds. The highest BCUT2D eigenvalue weighted by molar-refractivity contribution is 7.92. The van der Waals surface area contributed by atoms with E-state index in [1.807, 2.05) is 0 Å². The van der Waals surface area contributed by atoms with E-state index >= 15 is 0 Å². The van der Waals surface area contributed by atoms with Crippen LogP contribution in [0.25, 0.3) is 0 Å². The molecule has 6 heteroatoms. The first-order valence-corrected chi connectivity index (χ1v) is 6.17. The lowest BCUT2D eigenvalue weighted by Gasteiger charge is -2.03. The fraction of sp³-hybridized carbons (Fsp3) is 0.222. The van der Waals surface area contributed by atoms with Crippen LogP contribution in [0.5, 0.6) is 0 Å². The second-order valence-corrected chi connectivity index (χ2v) is 5.31. The van der Waals surface area contributed by atoms with E-state index in [1.54, 1.807) is 0 Å². The molecule has 0 aromatic heterocycles. The second-order valence-electron chi connectivity index (χ2n) is 2.89. The number of amides is 1. The highest BCUT2D eigenvalue weighted by atomic mass is 35.5. The molecule has 0 aliphatic rings. The van der Waals surface area contributed by atoms with Crippen molar-refractivity contribution in [2.45, 2.75) is 4.90 Å². The number of carbonyl (C=O) groups is 1. The van der Waals surface area contributed by atoms with Gasteiger partial charge in [-0.05, 0) is 24.3 Å². The summed E-state index contributed by atoms with van der Waals surface area (Å²) in [5, 5.41) is 2.71. The average Bonchev–Trinajstić information content (AvgIpc) is 2.17. The van der Waals surface area contributed by atoms with Crippen LogP contribution in [0.2, 0.25) is 5.02 Å². The van der Waals surface area contributed by atoms with Gasteiger partial charge in [-0.15, -0.1) is 0 Å². The maximum atomic E-state index is 11.6. The van der Waals surface area contributed by atoms with Gasteiger partial charge in [-0.25, -0.2) is 8.42 Å². The van der Waals surface area contributed by atoms with E-state index in [0.717, 1.165) is 0 Å². The van der Waals surface area contributed by atoms with Gasteiger partial charge in [0.2, 0.25) is 5.91 Å². The maximum absolute atomic E-state index is 11.6. The van der Waals surface area contributed by atoms with E-state index in [1.165, 1.54) is 31.3 Å². The van der Waals surface area contributed by atoms with Gasteiger partial charge in [-0.1, -0.05) is 11.6 Å². The SMILES string of the molecule is CNC(=O)CS(=O)(=O)c1ccc(Cl)cc1. The minimum atomic E-state index is -3.56. The topological polar surface area (TPSA) is 63.2 Å². The lowest BCUT2D eigenvalue weighted by Crippen LogP contribution is -2.26. The van der Waals surface area contributed by atoms with Crippen LogP contribution in [0.3, 0.4) is 0 Å². The van der Waals surface area contributed by atoms with Crippen molar-refractivity contribution in [2.75, 3.05) is 12.8 Å². The van der Waals surface area contributed by atoms with Gasteiger partial charge in [0.1, 0.15) is 5.75 Å². The molecule has 0 bridgehead atoms. The van der Waals surface area contributed by atoms with Crippen molar-refractivity contribution in [3.8, 4) is 0 Å². The van der Waals surface area contributed by atoms with Crippen LogP contribution in [-0.2, 0) is 14.6 Å². The molecular formula is C9H10ClNO3S. The van der Waals surface area contributed by atoms with Gasteiger partial charge in [0.25, 0.3) is 0 Å². The molecule has 4 nitrogen and oxygen atoms in total. The first kappa shape index (κ1) is 12.0. The Morgan fingerprint density at radius 3 is 2.33 bits per heavy atom. The number of benzene rings is 1. The molecule has 0 fully saturated rings. The number of hydrogen-bond donors (Lipinski definition) is 1. The van der Waals surface area contributed by atoms with Crippen molar-refractivity contribution in [1.29, 1.82) is 0 Å². The van der Waals surface area contributed by atoms with Gasteiger partial charge >= 0.3 is 0 Å². The van der Waals surface area contributed by atoms with E-state index < -0.39 is 21.5 Å². The van der Waals surface area contributed by atoms with Crippen molar-refractivity contribution in [1.82, 2.24) is 5.32 Å². The first-order chi connectivity index (χ1) is 6.95. The lowest BCUT2D eigenvalue weighted by molar-refractivity contribution is -0.118. The second kappa shape index (κ2) is 4.63. The lowest BCUT2D eigenvalue weighted by atomic mass is 10.4. The highest BCUT2D eigenvalue weighted by Gasteiger charge is 2.17. The third-order valence-corrected chi connectivity index (χ3v) is 3.66. The summed E-state index contributed by atoms with van der Waals surface area (Å²) < 4.78 is 23.2. The summed E-state index contributed by atoms with van der Waals surface area (Å²) in [4.78, 5) is 11.0. The number of hydrogen-bond acceptors (Lipinski definition) is 3. The number of nitrogens with one attached hydrogen (secondary N) is 1. The zero-order valence-electron chi connectivity index (χ0n) is 8.03. The summed E-state index contributed by atoms with van der Waals surface area (Å²) in [6.45, 7) is 0. The van der Waals surface area contributed by atoms with Crippen molar-refractivity contribution in [3.05, 3.63) is 29.3 Å². The van der Waals surface area contributed by atoms with Crippen LogP contribution in [0, 0.1) is 0 Å². The molecule has 0 unspecified atom stereocenters. The van der Waals surface area contributed by atoms with E-state index in [4.69, 9.17) is 11.6 Å². The smallest absolute Gasteiger partial charge is 0.235 e. The zero-order valence-corrected chi connectivity index (χ0v) is 9.60. The predicted molar refractivity (Wildman–Crippen MR) is 57.6 cm³/mol. The van der Waals surface area contributed by atoms with Crippen LogP contribution in [0.1, 0.15) is 0 Å². The van der Waals surface area contributed by atoms with Gasteiger partial charge in [0.15, 0.2) is 9.84 Å². The van der Waals surface area contributed by atoms with Crippen LogP contribution in [0.4, 0.5) is 0 Å². The summed E-state index contributed by atoms with van der Waals surface area (Å²) in [7, 11) is -2.17. The zero-order chi connectivity index (χ0) is 11.5. The quantitative estimate of drug-likeness (QED) is 0.862. The molecule has 0 atom stereocenters. The molecule has 1 aromatic rings. The molecule has 15 heavy (non-hydrogen) atoms. The molecule has 0 aliphatic heterocycles. The van der Waals surface area contributed by atoms with Crippen molar-refractivity contribution in [3.63, 3.8) is 0 Å². The summed E-state index contributed by atoms with van der Waals surface area (Å²) in [6.07, 6.45) is 0. The van der Waals surface area contributed by atoms with Crippen LogP contribution >= 0.6 is 11.6 Å². The summed E-state index contributed by atoms with van der Waals surface area (Å²) in [6, 6.07) is 5.69. The van der Waals surface area contributed by atoms with Gasteiger partial charge in [0.05, 0.1) is 4.90 Å². The molecule has 0 radical (unpaired) electrons. The monoisotopic (exact) mass is 247 g/mol. The summed E-state index contributed by atoms with van der Waals surface area (Å²) in [5.41, 5.74) is 0. The summed E-state index contributed by atoms with van der Waals surface area (Å²) >= 11 is 5.62. The average molecular weight is 248 g/mol. The molecule has 1 rings (SSSR count). The number of rotatable bonds is 3. The third kappa shape index (κ3) is 3.21. The normalized spacial score (nSPS) is 11.1. The molecule has 0 heterocycles. The third-order valence-electron chi connectivity index (χ3n) is 1.77. The molecule has 0 spiro atoms. The van der Waals surface area contributed by atoms with Gasteiger partial charge < -0.3 is 5.32 Å². The van der Waals surface area contributed by atoms with Crippen LogP contribution in [-0.4, -0.2) is 27.1 Å². The minimum Gasteiger partial charge on any atom is -0.358 e. The van der Waals surface area contributed by atoms with Gasteiger partial charge in [-0.2, -0.15) is 0 Å². The van der Waals surface area contributed by atoms with Crippen molar-refractivity contribution in [2.24, 2.45) is 0 Å². The van der Waals surface area contributed by atoms with Crippen molar-refractivity contribution >= 4 is 27.3 Å². The fourth-order valence-electron chi connectivity index (χ4n) is 0.970. The Labute approximate surface area is 93.2 Å². The number of halogens is 1. The Hall–Kier alpha value is -1.07. The minimum absolute atomic E-state index is 0.0931. The summed E-state index contributed by atoms with van der Waals surface area (Å²) in [5.74, 6) is -1.09. The van der Waals surface area contributed by atoms with E-state index in [9.17, 15) is 13.2 Å². The molecule has 1 N–H and O–H groups in total. The molecule has 0 aliphatic carbocycles. The maximum Gasteiger partial charge on any atom is 0.235 e. The van der Waals surface area contributed by atoms with E-state index in [2.05, 4.69) is 5.32 Å². The Morgan fingerprint density at radius 2 is 1.87 bits per heavy atom. The predicted octanol–water partition coefficient (Wildman–Crippen LogP) is 0.860. The van der Waals surface area contributed by atoms with E-state index in [0.29, 0.717) is 5.02 Å². The molecule has 0 saturated carbocycles. The standard InChI is InChI=1S/C9H10ClNO3S/c1-11-9(12)6-15(13,14)8-4-2-7(10)3-5-8/h2-5H,6H2,1H3,(H,11,12). The fourth-order valence-corrected chi connectivity index (χ4v) is 2.30. The Bertz CT molecular complexity index is 453. The van der Waals surface area contributed by atoms with E-state index in [-0.39, 0.29) is 4.90 Å². The van der Waals surface area contributed by atoms with Gasteiger partial charge in [-0.3, -0.25) is 4.79 Å². The van der Waals surface area contributed by atoms with Crippen LogP contribution in [0.15, 0.2) is 29.2 Å². The Morgan fingerprint density at radius 1 is 1.33 bits per heavy atom. The highest BCUT2D eigenvalue weighted by Crippen LogP contribution is 2.15. The number of sulfone groups is 1. The molecule has 1 aromatic carbocycles. The Balaban J connectivity index is 2.96. The van der Waals surface area contributed by atoms with Crippen LogP contribution < -0.4 is 5.32 Å². The van der Waals surface area contributed by atoms with Crippen molar-refractivity contribution < 1.29 is 13.2 Å². The molecular weight excluding hydrogens is 238 g/mol. The first-order valence-electron chi connectivity index (χ1n) is 4.14. The Kier molecular flexibility index (Phi) is 3.71. The molecule has 0 saturated heterocycles. The number of carbonyl (C=O) groups excluding carboxylic acids is 1. The van der Waals surface area contributed by atoms with Gasteiger partial charge in [0, 0.05) is 12.1 Å². The molecule has 82 valence electrons. The largest absolute Gasteiger partial charge is 0.358 e.